The first-order chi connectivity index (χ1) is 14.2. The molecule has 0 amide bonds. The fourth-order valence-electron chi connectivity index (χ4n) is 4.63. The number of H-pyrrole nitrogens is 1. The number of benzene rings is 1. The van der Waals surface area contributed by atoms with Crippen molar-refractivity contribution in [2.75, 3.05) is 18.0 Å². The topological polar surface area (TPSA) is 60.9 Å². The van der Waals surface area contributed by atoms with Crippen molar-refractivity contribution < 1.29 is 0 Å². The van der Waals surface area contributed by atoms with Gasteiger partial charge < -0.3 is 9.88 Å². The second kappa shape index (κ2) is 8.33. The number of aromatic amines is 1. The van der Waals surface area contributed by atoms with Gasteiger partial charge in [-0.25, -0.2) is 4.98 Å². The highest BCUT2D eigenvalue weighted by atomic mass is 35.5. The number of hydrogen-bond acceptors (Lipinski definition) is 5. The van der Waals surface area contributed by atoms with E-state index in [0.29, 0.717) is 23.6 Å². The first kappa shape index (κ1) is 21.3. The molecule has 160 valence electrons. The second-order valence-corrected chi connectivity index (χ2v) is 9.40. The van der Waals surface area contributed by atoms with E-state index < -0.39 is 0 Å². The standard InChI is InChI=1S/C22H28Cl2N6/c1-12(2)19(16-6-8-17(23)9-7-16)29-10-14(4)30(11-13(29)3)21-18-20(26-15(5)25-18)27-22(24)28-21/h6-9,12-14,19H,10-11H2,1-5H3,(H,25,26,27,28)/t13-,14+,19?/m1/s1. The van der Waals surface area contributed by atoms with Crippen molar-refractivity contribution in [1.29, 1.82) is 0 Å². The SMILES string of the molecule is Cc1nc2c(N3C[C@@H](C)N(C(c4ccc(Cl)cc4)C(C)C)C[C@@H]3C)nc(Cl)nc2[nH]1. The van der Waals surface area contributed by atoms with E-state index in [1.165, 1.54) is 5.56 Å². The zero-order valence-corrected chi connectivity index (χ0v) is 19.5. The molecule has 0 saturated carbocycles. The number of nitrogens with one attached hydrogen (secondary N) is 1. The van der Waals surface area contributed by atoms with Gasteiger partial charge in [0.25, 0.3) is 0 Å². The number of rotatable bonds is 4. The molecule has 1 N–H and O–H groups in total. The summed E-state index contributed by atoms with van der Waals surface area (Å²) in [7, 11) is 0. The van der Waals surface area contributed by atoms with Crippen LogP contribution < -0.4 is 4.90 Å². The molecule has 0 bridgehead atoms. The molecule has 3 atom stereocenters. The molecule has 3 aromatic rings. The van der Waals surface area contributed by atoms with Gasteiger partial charge in [-0.1, -0.05) is 37.6 Å². The predicted octanol–water partition coefficient (Wildman–Crippen LogP) is 5.26. The van der Waals surface area contributed by atoms with Gasteiger partial charge in [0.05, 0.1) is 0 Å². The van der Waals surface area contributed by atoms with Crippen LogP contribution >= 0.6 is 23.2 Å². The molecule has 4 rings (SSSR count). The summed E-state index contributed by atoms with van der Waals surface area (Å²) >= 11 is 12.4. The minimum Gasteiger partial charge on any atom is -0.349 e. The van der Waals surface area contributed by atoms with Gasteiger partial charge in [0, 0.05) is 36.2 Å². The van der Waals surface area contributed by atoms with Gasteiger partial charge in [0.2, 0.25) is 5.28 Å². The Balaban J connectivity index is 1.65. The van der Waals surface area contributed by atoms with Crippen molar-refractivity contribution in [3.8, 4) is 0 Å². The molecule has 0 aliphatic carbocycles. The maximum absolute atomic E-state index is 6.23. The van der Waals surface area contributed by atoms with Gasteiger partial charge in [-0.05, 0) is 56.0 Å². The molecule has 8 heteroatoms. The Bertz CT molecular complexity index is 1030. The number of aromatic nitrogens is 4. The number of hydrogen-bond donors (Lipinski definition) is 1. The minimum absolute atomic E-state index is 0.240. The van der Waals surface area contributed by atoms with E-state index in [1.807, 2.05) is 19.1 Å². The lowest BCUT2D eigenvalue weighted by Gasteiger charge is -2.49. The van der Waals surface area contributed by atoms with Crippen LogP contribution in [0.4, 0.5) is 5.82 Å². The summed E-state index contributed by atoms with van der Waals surface area (Å²) in [5.74, 6) is 2.09. The highest BCUT2D eigenvalue weighted by Crippen LogP contribution is 2.36. The van der Waals surface area contributed by atoms with E-state index in [2.05, 4.69) is 69.6 Å². The normalized spacial score (nSPS) is 21.5. The molecule has 1 aliphatic heterocycles. The first-order valence-corrected chi connectivity index (χ1v) is 11.2. The summed E-state index contributed by atoms with van der Waals surface area (Å²) in [5, 5.41) is 1.01. The highest BCUT2D eigenvalue weighted by molar-refractivity contribution is 6.30. The third kappa shape index (κ3) is 4.01. The number of aryl methyl sites for hydroxylation is 1. The number of nitrogens with zero attached hydrogens (tertiary/aromatic N) is 5. The van der Waals surface area contributed by atoms with Crippen molar-refractivity contribution in [3.05, 3.63) is 46.0 Å². The summed E-state index contributed by atoms with van der Waals surface area (Å²) in [5.41, 5.74) is 2.77. The van der Waals surface area contributed by atoms with E-state index >= 15 is 0 Å². The summed E-state index contributed by atoms with van der Waals surface area (Å²) in [6.45, 7) is 12.8. The van der Waals surface area contributed by atoms with E-state index in [1.54, 1.807) is 0 Å². The Morgan fingerprint density at radius 1 is 1.00 bits per heavy atom. The molecule has 0 radical (unpaired) electrons. The number of piperazine rings is 1. The van der Waals surface area contributed by atoms with Crippen LogP contribution in [0.25, 0.3) is 11.2 Å². The van der Waals surface area contributed by atoms with Gasteiger partial charge in [-0.3, -0.25) is 4.90 Å². The molecule has 1 saturated heterocycles. The quantitative estimate of drug-likeness (QED) is 0.553. The Hall–Kier alpha value is -1.89. The Morgan fingerprint density at radius 2 is 1.70 bits per heavy atom. The molecule has 1 unspecified atom stereocenters. The minimum atomic E-state index is 0.240. The molecule has 1 aromatic carbocycles. The average molecular weight is 447 g/mol. The molecule has 3 heterocycles. The van der Waals surface area contributed by atoms with Gasteiger partial charge in [-0.15, -0.1) is 0 Å². The van der Waals surface area contributed by atoms with Crippen molar-refractivity contribution in [2.24, 2.45) is 5.92 Å². The van der Waals surface area contributed by atoms with Gasteiger partial charge in [0.1, 0.15) is 5.82 Å². The fraction of sp³-hybridized carbons (Fsp3) is 0.500. The zero-order chi connectivity index (χ0) is 21.6. The molecular weight excluding hydrogens is 419 g/mol. The molecule has 0 spiro atoms. The van der Waals surface area contributed by atoms with E-state index in [4.69, 9.17) is 23.2 Å². The second-order valence-electron chi connectivity index (χ2n) is 8.62. The van der Waals surface area contributed by atoms with Crippen LogP contribution in [-0.2, 0) is 0 Å². The van der Waals surface area contributed by atoms with Crippen LogP contribution in [0.15, 0.2) is 24.3 Å². The van der Waals surface area contributed by atoms with Crippen molar-refractivity contribution >= 4 is 40.2 Å². The largest absolute Gasteiger partial charge is 0.349 e. The van der Waals surface area contributed by atoms with Crippen LogP contribution in [0.5, 0.6) is 0 Å². The van der Waals surface area contributed by atoms with E-state index in [-0.39, 0.29) is 11.3 Å². The number of fused-ring (bicyclic) bond motifs is 1. The fourth-order valence-corrected chi connectivity index (χ4v) is 4.92. The summed E-state index contributed by atoms with van der Waals surface area (Å²) in [4.78, 5) is 21.6. The lowest BCUT2D eigenvalue weighted by atomic mass is 9.91. The zero-order valence-electron chi connectivity index (χ0n) is 18.0. The van der Waals surface area contributed by atoms with Crippen molar-refractivity contribution in [3.63, 3.8) is 0 Å². The van der Waals surface area contributed by atoms with E-state index in [9.17, 15) is 0 Å². The molecule has 1 aliphatic rings. The molecule has 1 fully saturated rings. The maximum Gasteiger partial charge on any atom is 0.226 e. The Kier molecular flexibility index (Phi) is 5.93. The smallest absolute Gasteiger partial charge is 0.226 e. The van der Waals surface area contributed by atoms with Crippen molar-refractivity contribution in [1.82, 2.24) is 24.8 Å². The van der Waals surface area contributed by atoms with Crippen LogP contribution in [0.1, 0.15) is 45.1 Å². The average Bonchev–Trinajstić information content (AvgIpc) is 3.05. The van der Waals surface area contributed by atoms with E-state index in [0.717, 1.165) is 35.3 Å². The highest BCUT2D eigenvalue weighted by Gasteiger charge is 2.36. The van der Waals surface area contributed by atoms with Crippen LogP contribution in [0.2, 0.25) is 10.3 Å². The summed E-state index contributed by atoms with van der Waals surface area (Å²) in [6, 6.07) is 9.16. The Morgan fingerprint density at radius 3 is 2.37 bits per heavy atom. The third-order valence-electron chi connectivity index (χ3n) is 5.92. The molecule has 30 heavy (non-hydrogen) atoms. The summed E-state index contributed by atoms with van der Waals surface area (Å²) < 4.78 is 0. The maximum atomic E-state index is 6.23. The third-order valence-corrected chi connectivity index (χ3v) is 6.34. The Labute approximate surface area is 187 Å². The van der Waals surface area contributed by atoms with Crippen LogP contribution in [0, 0.1) is 12.8 Å². The van der Waals surface area contributed by atoms with Gasteiger partial charge in [-0.2, -0.15) is 9.97 Å². The monoisotopic (exact) mass is 446 g/mol. The van der Waals surface area contributed by atoms with Crippen molar-refractivity contribution in [2.45, 2.75) is 52.7 Å². The lowest BCUT2D eigenvalue weighted by molar-refractivity contribution is 0.0822. The number of imidazole rings is 1. The van der Waals surface area contributed by atoms with Crippen LogP contribution in [-0.4, -0.2) is 50.0 Å². The summed E-state index contributed by atoms with van der Waals surface area (Å²) in [6.07, 6.45) is 0. The lowest BCUT2D eigenvalue weighted by Crippen LogP contribution is -2.58. The first-order valence-electron chi connectivity index (χ1n) is 10.4. The number of anilines is 1. The molecule has 2 aromatic heterocycles. The molecule has 6 nitrogen and oxygen atoms in total. The van der Waals surface area contributed by atoms with Gasteiger partial charge >= 0.3 is 0 Å². The molecular formula is C22H28Cl2N6. The number of halogens is 2. The van der Waals surface area contributed by atoms with Crippen LogP contribution in [0.3, 0.4) is 0 Å². The van der Waals surface area contributed by atoms with Gasteiger partial charge in [0.15, 0.2) is 17.0 Å². The predicted molar refractivity (Wildman–Crippen MR) is 123 cm³/mol.